The lowest BCUT2D eigenvalue weighted by Gasteiger charge is -2.26. The molecule has 1 fully saturated rings. The molecule has 0 bridgehead atoms. The number of hydrogen-bond acceptors (Lipinski definition) is 2. The van der Waals surface area contributed by atoms with E-state index in [1.165, 1.54) is 12.0 Å². The molecule has 2 nitrogen and oxygen atoms in total. The Kier molecular flexibility index (Phi) is 5.03. The van der Waals surface area contributed by atoms with E-state index in [1.54, 1.807) is 0 Å². The Bertz CT molecular complexity index is 384. The van der Waals surface area contributed by atoms with Crippen LogP contribution in [0.1, 0.15) is 31.2 Å². The molecule has 0 spiro atoms. The molecule has 1 saturated carbocycles. The Morgan fingerprint density at radius 3 is 2.76 bits per heavy atom. The molecule has 0 aliphatic heterocycles. The second-order valence-corrected chi connectivity index (χ2v) is 6.36. The Balaban J connectivity index is 1.86. The summed E-state index contributed by atoms with van der Waals surface area (Å²) in [5, 5.41) is 13.1. The van der Waals surface area contributed by atoms with E-state index in [2.05, 4.69) is 55.4 Å². The lowest BCUT2D eigenvalue weighted by atomic mass is 9.93. The van der Waals surface area contributed by atoms with Gasteiger partial charge in [-0.05, 0) is 75.2 Å². The zero-order valence-electron chi connectivity index (χ0n) is 9.63. The molecule has 0 heterocycles. The normalized spacial score (nSPS) is 24.9. The fourth-order valence-electron chi connectivity index (χ4n) is 2.26. The van der Waals surface area contributed by atoms with E-state index in [1.807, 2.05) is 0 Å². The Morgan fingerprint density at radius 2 is 2.06 bits per heavy atom. The lowest BCUT2D eigenvalue weighted by molar-refractivity contribution is 0.111. The number of nitrogens with one attached hydrogen (secondary N) is 1. The van der Waals surface area contributed by atoms with Crippen molar-refractivity contribution in [3.8, 4) is 0 Å². The molecule has 1 aliphatic carbocycles. The van der Waals surface area contributed by atoms with Crippen molar-refractivity contribution >= 4 is 31.9 Å². The third-order valence-electron chi connectivity index (χ3n) is 3.23. The first-order chi connectivity index (χ1) is 8.15. The predicted octanol–water partition coefficient (Wildman–Crippen LogP) is 3.60. The second-order valence-electron chi connectivity index (χ2n) is 4.65. The van der Waals surface area contributed by atoms with Crippen LogP contribution >= 0.6 is 31.9 Å². The van der Waals surface area contributed by atoms with E-state index in [0.29, 0.717) is 6.04 Å². The average molecular weight is 363 g/mol. The molecule has 1 aliphatic rings. The molecule has 4 heteroatoms. The molecule has 0 aromatic heterocycles. The molecule has 0 saturated heterocycles. The van der Waals surface area contributed by atoms with Crippen molar-refractivity contribution in [2.45, 2.75) is 44.4 Å². The van der Waals surface area contributed by atoms with Gasteiger partial charge in [-0.3, -0.25) is 0 Å². The van der Waals surface area contributed by atoms with Crippen LogP contribution in [-0.2, 0) is 6.54 Å². The van der Waals surface area contributed by atoms with Crippen molar-refractivity contribution in [1.29, 1.82) is 0 Å². The van der Waals surface area contributed by atoms with Crippen LogP contribution in [0.25, 0.3) is 0 Å². The van der Waals surface area contributed by atoms with Crippen LogP contribution in [-0.4, -0.2) is 17.3 Å². The van der Waals surface area contributed by atoms with Gasteiger partial charge in [-0.2, -0.15) is 0 Å². The first-order valence-electron chi connectivity index (χ1n) is 6.00. The first kappa shape index (κ1) is 13.5. The minimum absolute atomic E-state index is 0.113. The quantitative estimate of drug-likeness (QED) is 0.860. The summed E-state index contributed by atoms with van der Waals surface area (Å²) in [5.74, 6) is 0. The van der Waals surface area contributed by atoms with Crippen molar-refractivity contribution in [3.05, 3.63) is 32.7 Å². The summed E-state index contributed by atoms with van der Waals surface area (Å²) in [6.45, 7) is 0.864. The largest absolute Gasteiger partial charge is 0.393 e. The summed E-state index contributed by atoms with van der Waals surface area (Å²) in [4.78, 5) is 0. The van der Waals surface area contributed by atoms with E-state index in [0.717, 1.165) is 34.8 Å². The van der Waals surface area contributed by atoms with Crippen molar-refractivity contribution in [2.24, 2.45) is 0 Å². The van der Waals surface area contributed by atoms with Crippen LogP contribution < -0.4 is 5.32 Å². The fraction of sp³-hybridized carbons (Fsp3) is 0.538. The number of benzene rings is 1. The number of aliphatic hydroxyl groups is 1. The van der Waals surface area contributed by atoms with Gasteiger partial charge in [0.25, 0.3) is 0 Å². The molecule has 2 N–H and O–H groups in total. The second kappa shape index (κ2) is 6.32. The van der Waals surface area contributed by atoms with Gasteiger partial charge in [-0.1, -0.05) is 6.07 Å². The molecule has 0 radical (unpaired) electrons. The van der Waals surface area contributed by atoms with Gasteiger partial charge in [0.1, 0.15) is 0 Å². The summed E-state index contributed by atoms with van der Waals surface area (Å²) in [6.07, 6.45) is 4.04. The van der Waals surface area contributed by atoms with Gasteiger partial charge in [0.05, 0.1) is 6.10 Å². The van der Waals surface area contributed by atoms with Gasteiger partial charge in [-0.15, -0.1) is 0 Å². The summed E-state index contributed by atoms with van der Waals surface area (Å²) in [5.41, 5.74) is 1.26. The van der Waals surface area contributed by atoms with E-state index >= 15 is 0 Å². The SMILES string of the molecule is OC1CCCC(NCc2ccc(Br)c(Br)c2)C1. The molecule has 17 heavy (non-hydrogen) atoms. The highest BCUT2D eigenvalue weighted by molar-refractivity contribution is 9.13. The molecule has 0 amide bonds. The number of rotatable bonds is 3. The summed E-state index contributed by atoms with van der Waals surface area (Å²) in [6, 6.07) is 6.75. The van der Waals surface area contributed by atoms with Gasteiger partial charge in [0, 0.05) is 21.5 Å². The number of halogens is 2. The summed E-state index contributed by atoms with van der Waals surface area (Å²) >= 11 is 6.97. The Hall–Kier alpha value is 0.1000. The predicted molar refractivity (Wildman–Crippen MR) is 76.9 cm³/mol. The van der Waals surface area contributed by atoms with Crippen molar-refractivity contribution in [1.82, 2.24) is 5.32 Å². The number of aliphatic hydroxyl groups excluding tert-OH is 1. The van der Waals surface area contributed by atoms with Crippen LogP contribution in [0, 0.1) is 0 Å². The summed E-state index contributed by atoms with van der Waals surface area (Å²) in [7, 11) is 0. The Morgan fingerprint density at radius 1 is 1.24 bits per heavy atom. The zero-order valence-corrected chi connectivity index (χ0v) is 12.8. The molecular formula is C13H17Br2NO. The molecule has 1 aromatic carbocycles. The highest BCUT2D eigenvalue weighted by Crippen LogP contribution is 2.24. The fourth-order valence-corrected chi connectivity index (χ4v) is 2.93. The van der Waals surface area contributed by atoms with Gasteiger partial charge < -0.3 is 10.4 Å². The number of hydrogen-bond donors (Lipinski definition) is 2. The summed E-state index contributed by atoms with van der Waals surface area (Å²) < 4.78 is 2.16. The van der Waals surface area contributed by atoms with Crippen molar-refractivity contribution < 1.29 is 5.11 Å². The van der Waals surface area contributed by atoms with Crippen molar-refractivity contribution in [2.75, 3.05) is 0 Å². The third-order valence-corrected chi connectivity index (χ3v) is 5.11. The third kappa shape index (κ3) is 4.05. The molecule has 94 valence electrons. The van der Waals surface area contributed by atoms with Crippen molar-refractivity contribution in [3.63, 3.8) is 0 Å². The standard InChI is InChI=1S/C13H17Br2NO/c14-12-5-4-9(6-13(12)15)8-16-10-2-1-3-11(17)7-10/h4-6,10-11,16-17H,1-3,7-8H2. The molecule has 2 atom stereocenters. The van der Waals surface area contributed by atoms with Crippen LogP contribution in [0.15, 0.2) is 27.1 Å². The maximum atomic E-state index is 9.60. The zero-order chi connectivity index (χ0) is 12.3. The highest BCUT2D eigenvalue weighted by atomic mass is 79.9. The van der Waals surface area contributed by atoms with Crippen LogP contribution in [0.4, 0.5) is 0 Å². The van der Waals surface area contributed by atoms with Gasteiger partial charge in [0.2, 0.25) is 0 Å². The lowest BCUT2D eigenvalue weighted by Crippen LogP contribution is -2.35. The molecule has 2 unspecified atom stereocenters. The Labute approximate surface area is 119 Å². The minimum atomic E-state index is -0.113. The van der Waals surface area contributed by atoms with Crippen LogP contribution in [0.3, 0.4) is 0 Å². The van der Waals surface area contributed by atoms with E-state index in [-0.39, 0.29) is 6.10 Å². The first-order valence-corrected chi connectivity index (χ1v) is 7.59. The van der Waals surface area contributed by atoms with Gasteiger partial charge >= 0.3 is 0 Å². The minimum Gasteiger partial charge on any atom is -0.393 e. The molecular weight excluding hydrogens is 346 g/mol. The maximum absolute atomic E-state index is 9.60. The smallest absolute Gasteiger partial charge is 0.0555 e. The van der Waals surface area contributed by atoms with Gasteiger partial charge in [0.15, 0.2) is 0 Å². The topological polar surface area (TPSA) is 32.3 Å². The van der Waals surface area contributed by atoms with E-state index < -0.39 is 0 Å². The van der Waals surface area contributed by atoms with E-state index in [4.69, 9.17) is 0 Å². The van der Waals surface area contributed by atoms with Gasteiger partial charge in [-0.25, -0.2) is 0 Å². The monoisotopic (exact) mass is 361 g/mol. The van der Waals surface area contributed by atoms with Crippen LogP contribution in [0.5, 0.6) is 0 Å². The average Bonchev–Trinajstić information content (AvgIpc) is 2.31. The highest BCUT2D eigenvalue weighted by Gasteiger charge is 2.19. The molecule has 2 rings (SSSR count). The molecule has 1 aromatic rings. The van der Waals surface area contributed by atoms with E-state index in [9.17, 15) is 5.11 Å². The maximum Gasteiger partial charge on any atom is 0.0555 e. The van der Waals surface area contributed by atoms with Crippen LogP contribution in [0.2, 0.25) is 0 Å².